The van der Waals surface area contributed by atoms with E-state index in [1.54, 1.807) is 0 Å². The van der Waals surface area contributed by atoms with Crippen LogP contribution in [0, 0.1) is 6.08 Å². The Hall–Kier alpha value is 0.604. The molecule has 0 aromatic carbocycles. The Morgan fingerprint density at radius 3 is 2.32 bits per heavy atom. The van der Waals surface area contributed by atoms with Crippen molar-refractivity contribution < 1.29 is 46.5 Å². The molecule has 0 aromatic heterocycles. The number of hydrogen-bond acceptors (Lipinski definition) is 1. The summed E-state index contributed by atoms with van der Waals surface area (Å²) in [6, 6.07) is 0. The van der Waals surface area contributed by atoms with Crippen LogP contribution in [0.3, 0.4) is 0 Å². The van der Waals surface area contributed by atoms with Gasteiger partial charge in [-0.15, -0.1) is 18.2 Å². The van der Waals surface area contributed by atoms with Crippen molar-refractivity contribution in [3.63, 3.8) is 0 Å². The van der Waals surface area contributed by atoms with Crippen molar-refractivity contribution in [1.29, 1.82) is 0 Å². The van der Waals surface area contributed by atoms with Crippen LogP contribution in [-0.4, -0.2) is 9.49 Å². The van der Waals surface area contributed by atoms with Crippen LogP contribution in [0.2, 0.25) is 0 Å². The second-order valence-electron chi connectivity index (χ2n) is 6.67. The molecule has 0 aliphatic heterocycles. The molecule has 1 atom stereocenters. The van der Waals surface area contributed by atoms with Crippen molar-refractivity contribution in [1.82, 2.24) is 0 Å². The van der Waals surface area contributed by atoms with Crippen molar-refractivity contribution in [2.24, 2.45) is 0 Å². The molecule has 0 aromatic rings. The Kier molecular flexibility index (Phi) is 11.1. The monoisotopic (exact) mass is 391 g/mol. The van der Waals surface area contributed by atoms with Gasteiger partial charge in [0.15, 0.2) is 0 Å². The second kappa shape index (κ2) is 9.79. The molecular weight excluding hydrogens is 367 g/mol. The molecule has 2 aliphatic rings. The first-order chi connectivity index (χ1) is 8.81. The number of halogens is 2. The first kappa shape index (κ1) is 24.9. The van der Waals surface area contributed by atoms with E-state index in [0.29, 0.717) is 0 Å². The predicted octanol–water partition coefficient (Wildman–Crippen LogP) is -0.362. The predicted molar refractivity (Wildman–Crippen MR) is 87.3 cm³/mol. The molecule has 0 heterocycles. The van der Waals surface area contributed by atoms with E-state index in [1.165, 1.54) is 16.7 Å². The summed E-state index contributed by atoms with van der Waals surface area (Å²) in [7, 11) is 0. The maximum absolute atomic E-state index is 3.49. The number of hydrogen-bond donors (Lipinski definition) is 0. The van der Waals surface area contributed by atoms with E-state index in [2.05, 4.69) is 76.8 Å². The Morgan fingerprint density at radius 1 is 1.23 bits per heavy atom. The number of allylic oxidation sites excluding steroid dienone is 7. The van der Waals surface area contributed by atoms with E-state index >= 15 is 0 Å². The molecule has 121 valence electrons. The van der Waals surface area contributed by atoms with Crippen LogP contribution in [0.1, 0.15) is 53.9 Å². The molecule has 4 heteroatoms. The van der Waals surface area contributed by atoms with Crippen molar-refractivity contribution in [3.05, 3.63) is 47.1 Å². The fourth-order valence-electron chi connectivity index (χ4n) is 2.85. The third-order valence-corrected chi connectivity index (χ3v) is 5.30. The van der Waals surface area contributed by atoms with Crippen LogP contribution in [0.5, 0.6) is 0 Å². The van der Waals surface area contributed by atoms with Gasteiger partial charge in [-0.2, -0.15) is 6.08 Å². The van der Waals surface area contributed by atoms with Gasteiger partial charge in [0.1, 0.15) is 0 Å². The summed E-state index contributed by atoms with van der Waals surface area (Å²) in [5.74, 6) is 0. The molecule has 1 radical (unpaired) electrons. The Labute approximate surface area is 168 Å². The smallest absolute Gasteiger partial charge is 1.00 e. The van der Waals surface area contributed by atoms with Crippen molar-refractivity contribution in [2.45, 2.75) is 63.4 Å². The molecule has 0 N–H and O–H groups in total. The van der Waals surface area contributed by atoms with Crippen LogP contribution < -0.4 is 24.8 Å². The van der Waals surface area contributed by atoms with Gasteiger partial charge < -0.3 is 24.8 Å². The molecule has 0 spiro atoms. The summed E-state index contributed by atoms with van der Waals surface area (Å²) in [5.41, 5.74) is 4.31. The second-order valence-corrected chi connectivity index (χ2v) is 8.88. The average molecular weight is 392 g/mol. The molecule has 0 saturated carbocycles. The fraction of sp³-hybridized carbons (Fsp3) is 0.556. The van der Waals surface area contributed by atoms with E-state index < -0.39 is 0 Å². The van der Waals surface area contributed by atoms with Gasteiger partial charge in [-0.1, -0.05) is 44.1 Å². The average Bonchev–Trinajstić information content (AvgIpc) is 2.74. The minimum atomic E-state index is 0. The van der Waals surface area contributed by atoms with E-state index in [4.69, 9.17) is 0 Å². The third kappa shape index (κ3) is 6.61. The van der Waals surface area contributed by atoms with E-state index in [-0.39, 0.29) is 56.0 Å². The number of rotatable bonds is 3. The molecule has 0 saturated heterocycles. The summed E-state index contributed by atoms with van der Waals surface area (Å²) < 4.78 is 0.492. The molecule has 0 nitrogen and oxygen atoms in total. The van der Waals surface area contributed by atoms with Crippen LogP contribution in [0.15, 0.2) is 41.0 Å². The molecule has 0 fully saturated rings. The summed E-state index contributed by atoms with van der Waals surface area (Å²) in [6.07, 6.45) is 16.0. The Morgan fingerprint density at radius 2 is 1.86 bits per heavy atom. The molecule has 0 bridgehead atoms. The van der Waals surface area contributed by atoms with Gasteiger partial charge in [-0.25, -0.2) is 11.6 Å². The van der Waals surface area contributed by atoms with E-state index in [9.17, 15) is 0 Å². The van der Waals surface area contributed by atoms with Gasteiger partial charge in [0.2, 0.25) is 0 Å². The third-order valence-electron chi connectivity index (χ3n) is 3.66. The van der Waals surface area contributed by atoms with Crippen LogP contribution >= 0.6 is 11.8 Å². The maximum atomic E-state index is 3.49. The van der Waals surface area contributed by atoms with Crippen molar-refractivity contribution in [2.75, 3.05) is 0 Å². The van der Waals surface area contributed by atoms with Gasteiger partial charge >= 0.3 is 21.7 Å². The first-order valence-corrected chi connectivity index (χ1v) is 7.94. The fourth-order valence-corrected chi connectivity index (χ4v) is 4.64. The molecule has 2 rings (SSSR count). The van der Waals surface area contributed by atoms with E-state index in [1.807, 2.05) is 0 Å². The summed E-state index contributed by atoms with van der Waals surface area (Å²) in [6.45, 7) is 11.5. The van der Waals surface area contributed by atoms with Crippen LogP contribution in [0.25, 0.3) is 0 Å². The quantitative estimate of drug-likeness (QED) is 0.467. The van der Waals surface area contributed by atoms with Crippen LogP contribution in [-0.2, 0) is 21.7 Å². The standard InChI is InChI=1S/C18H25S.2ClH.Ti/c1-14-10-11-18(15(2)12-14,19-17(3,4)5)13-16-8-6-7-9-16;;;/h6,8,10,12H,7,11,13H2,1-5H3;2*1H;/q-1;;;+3/p-2. The van der Waals surface area contributed by atoms with Gasteiger partial charge in [0.05, 0.1) is 0 Å². The summed E-state index contributed by atoms with van der Waals surface area (Å²) in [5, 5.41) is 0. The van der Waals surface area contributed by atoms with Gasteiger partial charge in [-0.3, -0.25) is 6.08 Å². The van der Waals surface area contributed by atoms with Gasteiger partial charge in [0, 0.05) is 9.49 Å². The zero-order valence-corrected chi connectivity index (χ0v) is 18.0. The zero-order valence-electron chi connectivity index (χ0n) is 14.1. The maximum Gasteiger partial charge on any atom is 3.00 e. The number of thioether (sulfide) groups is 1. The van der Waals surface area contributed by atoms with Gasteiger partial charge in [0.25, 0.3) is 0 Å². The largest absolute Gasteiger partial charge is 3.00 e. The summed E-state index contributed by atoms with van der Waals surface area (Å²) >= 11 is 2.11. The molecule has 2 aliphatic carbocycles. The topological polar surface area (TPSA) is 0 Å². The molecular formula is C18H25Cl2STi. The van der Waals surface area contributed by atoms with Crippen molar-refractivity contribution >= 4 is 11.8 Å². The van der Waals surface area contributed by atoms with Crippen LogP contribution in [0.4, 0.5) is 0 Å². The molecule has 1 unspecified atom stereocenters. The Balaban J connectivity index is 0. The van der Waals surface area contributed by atoms with E-state index in [0.717, 1.165) is 19.3 Å². The zero-order chi connectivity index (χ0) is 14.1. The van der Waals surface area contributed by atoms with Gasteiger partial charge in [-0.05, 0) is 26.7 Å². The molecule has 0 amide bonds. The van der Waals surface area contributed by atoms with Crippen molar-refractivity contribution in [3.8, 4) is 0 Å². The SMILES string of the molecule is CC1=CCC(CC2=[C-]CC=C2)(SC(C)(C)C)C(C)=C1.[Cl-].[Cl-].[Ti+3]. The normalized spacial score (nSPS) is 23.4. The minimum absolute atomic E-state index is 0. The summed E-state index contributed by atoms with van der Waals surface area (Å²) in [4.78, 5) is 0. The minimum Gasteiger partial charge on any atom is -1.00 e. The Bertz CT molecular complexity index is 484. The first-order valence-electron chi connectivity index (χ1n) is 7.13. The molecule has 22 heavy (non-hydrogen) atoms.